The number of amides is 2. The molecule has 2 N–H and O–H groups in total. The number of hydrazone groups is 1. The van der Waals surface area contributed by atoms with Crippen LogP contribution in [0.1, 0.15) is 32.7 Å². The molecule has 0 radical (unpaired) electrons. The van der Waals surface area contributed by atoms with Gasteiger partial charge in [-0.3, -0.25) is 9.59 Å². The summed E-state index contributed by atoms with van der Waals surface area (Å²) in [5, 5.41) is 5.88. The molecule has 0 saturated heterocycles. The van der Waals surface area contributed by atoms with Crippen molar-refractivity contribution in [3.05, 3.63) is 65.2 Å². The summed E-state index contributed by atoms with van der Waals surface area (Å²) in [6.45, 7) is 0.527. The quantitative estimate of drug-likeness (QED) is 0.870. The molecule has 6 heteroatoms. The molecule has 1 heterocycles. The molecule has 0 aliphatic carbocycles. The van der Waals surface area contributed by atoms with Crippen molar-refractivity contribution in [1.82, 2.24) is 5.01 Å². The largest absolute Gasteiger partial charge is 0.366 e. The third-order valence-corrected chi connectivity index (χ3v) is 4.60. The number of primary amides is 1. The van der Waals surface area contributed by atoms with Gasteiger partial charge >= 0.3 is 0 Å². The summed E-state index contributed by atoms with van der Waals surface area (Å²) < 4.78 is 0. The number of hydrogen-bond donors (Lipinski definition) is 1. The first-order valence-corrected chi connectivity index (χ1v) is 8.74. The Morgan fingerprint density at radius 2 is 1.83 bits per heavy atom. The molecule has 0 bridgehead atoms. The van der Waals surface area contributed by atoms with Crippen LogP contribution in [0, 0.1) is 0 Å². The molecule has 2 aromatic carbocycles. The van der Waals surface area contributed by atoms with Crippen molar-refractivity contribution in [1.29, 1.82) is 0 Å². The Labute approximate surface area is 144 Å². The van der Waals surface area contributed by atoms with Crippen molar-refractivity contribution in [2.75, 3.05) is 12.8 Å². The summed E-state index contributed by atoms with van der Waals surface area (Å²) in [5.74, 6) is -0.780. The van der Waals surface area contributed by atoms with E-state index in [0.717, 1.165) is 11.3 Å². The first kappa shape index (κ1) is 16.3. The fourth-order valence-corrected chi connectivity index (χ4v) is 2.95. The van der Waals surface area contributed by atoms with E-state index in [0.29, 0.717) is 24.1 Å². The van der Waals surface area contributed by atoms with Crippen LogP contribution in [0.2, 0.25) is 0 Å². The summed E-state index contributed by atoms with van der Waals surface area (Å²) in [6, 6.07) is 14.5. The lowest BCUT2D eigenvalue weighted by atomic mass is 10.1. The molecule has 1 aliphatic heterocycles. The average Bonchev–Trinajstić information content (AvgIpc) is 3.11. The highest BCUT2D eigenvalue weighted by molar-refractivity contribution is 7.98. The molecule has 0 fully saturated rings. The van der Waals surface area contributed by atoms with E-state index in [2.05, 4.69) is 5.10 Å². The van der Waals surface area contributed by atoms with Crippen LogP contribution in [-0.4, -0.2) is 35.3 Å². The molecule has 5 nitrogen and oxygen atoms in total. The number of rotatable bonds is 4. The maximum Gasteiger partial charge on any atom is 0.273 e. The third-order valence-electron chi connectivity index (χ3n) is 3.85. The molecule has 1 aliphatic rings. The molecule has 0 spiro atoms. The molecule has 0 unspecified atom stereocenters. The molecular weight excluding hydrogens is 322 g/mol. The maximum atomic E-state index is 12.6. The zero-order valence-corrected chi connectivity index (χ0v) is 14.0. The first-order chi connectivity index (χ1) is 11.6. The van der Waals surface area contributed by atoms with Gasteiger partial charge in [-0.05, 0) is 42.2 Å². The summed E-state index contributed by atoms with van der Waals surface area (Å²) in [7, 11) is 0. The molecule has 3 rings (SSSR count). The number of benzene rings is 2. The fraction of sp³-hybridized carbons (Fsp3) is 0.167. The van der Waals surface area contributed by atoms with Crippen molar-refractivity contribution in [2.45, 2.75) is 11.3 Å². The number of nitrogens with two attached hydrogens (primary N) is 1. The number of thioether (sulfide) groups is 1. The Bertz CT molecular complexity index is 815. The average molecular weight is 339 g/mol. The van der Waals surface area contributed by atoms with Gasteiger partial charge in [0.2, 0.25) is 5.91 Å². The zero-order chi connectivity index (χ0) is 17.1. The molecule has 0 saturated carbocycles. The van der Waals surface area contributed by atoms with Gasteiger partial charge in [0.05, 0.1) is 12.3 Å². The summed E-state index contributed by atoms with van der Waals surface area (Å²) in [6.07, 6.45) is 2.74. The smallest absolute Gasteiger partial charge is 0.273 e. The van der Waals surface area contributed by atoms with E-state index < -0.39 is 5.91 Å². The molecule has 0 aromatic heterocycles. The minimum absolute atomic E-state index is 0.228. The van der Waals surface area contributed by atoms with E-state index in [1.54, 1.807) is 30.0 Å². The highest BCUT2D eigenvalue weighted by atomic mass is 32.2. The molecule has 2 amide bonds. The van der Waals surface area contributed by atoms with Gasteiger partial charge in [0.15, 0.2) is 0 Å². The lowest BCUT2D eigenvalue weighted by molar-refractivity contribution is 0.0778. The van der Waals surface area contributed by atoms with Gasteiger partial charge < -0.3 is 5.73 Å². The van der Waals surface area contributed by atoms with Gasteiger partial charge in [0.1, 0.15) is 0 Å². The second-order valence-corrected chi connectivity index (χ2v) is 6.28. The van der Waals surface area contributed by atoms with Crippen LogP contribution in [-0.2, 0) is 0 Å². The fourth-order valence-electron chi connectivity index (χ4n) is 2.54. The number of carbonyl (C=O) groups excluding carboxylic acids is 2. The van der Waals surface area contributed by atoms with Crippen molar-refractivity contribution in [2.24, 2.45) is 10.8 Å². The molecular formula is C18H17N3O2S. The predicted octanol–water partition coefficient (Wildman–Crippen LogP) is 2.76. The normalized spacial score (nSPS) is 13.7. The van der Waals surface area contributed by atoms with Gasteiger partial charge in [-0.2, -0.15) is 5.10 Å². The summed E-state index contributed by atoms with van der Waals surface area (Å²) in [4.78, 5) is 25.0. The van der Waals surface area contributed by atoms with Crippen LogP contribution in [0.5, 0.6) is 0 Å². The van der Waals surface area contributed by atoms with Crippen LogP contribution in [0.3, 0.4) is 0 Å². The van der Waals surface area contributed by atoms with Crippen LogP contribution in [0.15, 0.2) is 58.5 Å². The third kappa shape index (κ3) is 3.33. The van der Waals surface area contributed by atoms with Gasteiger partial charge in [-0.1, -0.05) is 18.2 Å². The van der Waals surface area contributed by atoms with Crippen molar-refractivity contribution in [3.63, 3.8) is 0 Å². The van der Waals surface area contributed by atoms with Gasteiger partial charge in [0.25, 0.3) is 5.91 Å². The topological polar surface area (TPSA) is 75.8 Å². The Morgan fingerprint density at radius 3 is 2.50 bits per heavy atom. The van der Waals surface area contributed by atoms with Gasteiger partial charge in [-0.15, -0.1) is 11.8 Å². The van der Waals surface area contributed by atoms with E-state index in [1.165, 1.54) is 16.0 Å². The minimum atomic E-state index is -0.552. The number of carbonyl (C=O) groups is 2. The Hall–Kier alpha value is -2.60. The SMILES string of the molecule is CSc1ccc(C2=NN(C(=O)c3cccc(C(N)=O)c3)CC2)cc1. The molecule has 0 atom stereocenters. The monoisotopic (exact) mass is 339 g/mol. The lowest BCUT2D eigenvalue weighted by Gasteiger charge is -2.11. The van der Waals surface area contributed by atoms with Gasteiger partial charge in [-0.25, -0.2) is 5.01 Å². The van der Waals surface area contributed by atoms with Crippen LogP contribution >= 0.6 is 11.8 Å². The first-order valence-electron chi connectivity index (χ1n) is 7.52. The summed E-state index contributed by atoms with van der Waals surface area (Å²) >= 11 is 1.68. The highest BCUT2D eigenvalue weighted by Gasteiger charge is 2.23. The van der Waals surface area contributed by atoms with E-state index >= 15 is 0 Å². The van der Waals surface area contributed by atoms with Crippen LogP contribution in [0.4, 0.5) is 0 Å². The molecule has 122 valence electrons. The van der Waals surface area contributed by atoms with Crippen molar-refractivity contribution < 1.29 is 9.59 Å². The zero-order valence-electron chi connectivity index (χ0n) is 13.2. The second kappa shape index (κ2) is 6.88. The summed E-state index contributed by atoms with van der Waals surface area (Å²) in [5.41, 5.74) is 7.91. The van der Waals surface area contributed by atoms with E-state index in [-0.39, 0.29) is 5.91 Å². The number of nitrogens with zero attached hydrogens (tertiary/aromatic N) is 2. The maximum absolute atomic E-state index is 12.6. The van der Waals surface area contributed by atoms with Crippen molar-refractivity contribution in [3.8, 4) is 0 Å². The van der Waals surface area contributed by atoms with E-state index in [9.17, 15) is 9.59 Å². The van der Waals surface area contributed by atoms with Gasteiger partial charge in [0, 0.05) is 22.4 Å². The van der Waals surface area contributed by atoms with Crippen LogP contribution < -0.4 is 5.73 Å². The number of hydrogen-bond acceptors (Lipinski definition) is 4. The van der Waals surface area contributed by atoms with E-state index in [4.69, 9.17) is 5.73 Å². The standard InChI is InChI=1S/C18H17N3O2S/c1-24-15-7-5-12(6-8-15)16-9-10-21(20-16)18(23)14-4-2-3-13(11-14)17(19)22/h2-8,11H,9-10H2,1H3,(H2,19,22). The Kier molecular flexibility index (Phi) is 4.66. The highest BCUT2D eigenvalue weighted by Crippen LogP contribution is 2.20. The predicted molar refractivity (Wildman–Crippen MR) is 95.4 cm³/mol. The Balaban J connectivity index is 1.80. The molecule has 2 aromatic rings. The second-order valence-electron chi connectivity index (χ2n) is 5.40. The minimum Gasteiger partial charge on any atom is -0.366 e. The Morgan fingerprint density at radius 1 is 1.12 bits per heavy atom. The van der Waals surface area contributed by atoms with E-state index in [1.807, 2.05) is 30.5 Å². The molecule has 24 heavy (non-hydrogen) atoms. The van der Waals surface area contributed by atoms with Crippen LogP contribution in [0.25, 0.3) is 0 Å². The van der Waals surface area contributed by atoms with Crippen molar-refractivity contribution >= 4 is 29.3 Å². The lowest BCUT2D eigenvalue weighted by Crippen LogP contribution is -2.24.